The van der Waals surface area contributed by atoms with E-state index in [-0.39, 0.29) is 33.2 Å². The topological polar surface area (TPSA) is 179 Å². The van der Waals surface area contributed by atoms with Crippen LogP contribution in [0.25, 0.3) is 0 Å². The van der Waals surface area contributed by atoms with E-state index in [4.69, 9.17) is 9.79 Å². The summed E-state index contributed by atoms with van der Waals surface area (Å²) in [5.74, 6) is -0.661. The molecule has 1 aromatic carbocycles. The quantitative estimate of drug-likeness (QED) is 0.280. The highest BCUT2D eigenvalue weighted by Gasteiger charge is 2.26. The number of aromatic hydroxyl groups is 1. The van der Waals surface area contributed by atoms with Crippen molar-refractivity contribution in [1.82, 2.24) is 9.29 Å². The molecule has 0 radical (unpaired) electrons. The zero-order valence-electron chi connectivity index (χ0n) is 17.7. The predicted molar refractivity (Wildman–Crippen MR) is 116 cm³/mol. The smallest absolute Gasteiger partial charge is 0.469 e. The monoisotopic (exact) mass is 498 g/mol. The number of azo groups is 1. The van der Waals surface area contributed by atoms with Crippen molar-refractivity contribution >= 4 is 35.6 Å². The third-order valence-electron chi connectivity index (χ3n) is 5.01. The first-order chi connectivity index (χ1) is 15.5. The van der Waals surface area contributed by atoms with Crippen LogP contribution >= 0.6 is 7.82 Å². The number of nitrogens with zero attached hydrogens (tertiary/aromatic N) is 4. The Balaban J connectivity index is 1.89. The third-order valence-corrected chi connectivity index (χ3v) is 7.39. The Morgan fingerprint density at radius 1 is 1.15 bits per heavy atom. The first kappa shape index (κ1) is 25.1. The number of hydrogen-bond acceptors (Lipinski definition) is 9. The lowest BCUT2D eigenvalue weighted by Gasteiger charge is -2.25. The Bertz CT molecular complexity index is 1210. The SMILES string of the molecule is Cc1nc(N=Nc2ccc(S(=O)(=O)N3CCCCC3)cc2)c(COP(=O)(O)O)c(C=O)c1O. The molecule has 1 saturated heterocycles. The molecule has 0 spiro atoms. The third kappa shape index (κ3) is 6.08. The summed E-state index contributed by atoms with van der Waals surface area (Å²) in [5.41, 5.74) is -0.124. The Hall–Kier alpha value is -2.54. The molecule has 14 heteroatoms. The van der Waals surface area contributed by atoms with Crippen molar-refractivity contribution in [3.8, 4) is 5.75 Å². The van der Waals surface area contributed by atoms with Gasteiger partial charge in [0.15, 0.2) is 12.1 Å². The number of piperidine rings is 1. The lowest BCUT2D eigenvalue weighted by atomic mass is 10.1. The number of aromatic nitrogens is 1. The number of phosphoric ester groups is 1. The minimum absolute atomic E-state index is 0.0500. The van der Waals surface area contributed by atoms with Gasteiger partial charge in [0.05, 0.1) is 28.4 Å². The lowest BCUT2D eigenvalue weighted by Crippen LogP contribution is -2.35. The minimum atomic E-state index is -4.88. The average Bonchev–Trinajstić information content (AvgIpc) is 2.78. The Morgan fingerprint density at radius 2 is 1.79 bits per heavy atom. The molecular weight excluding hydrogens is 475 g/mol. The molecule has 0 unspecified atom stereocenters. The molecule has 0 aliphatic carbocycles. The average molecular weight is 498 g/mol. The van der Waals surface area contributed by atoms with Gasteiger partial charge in [0.1, 0.15) is 5.75 Å². The van der Waals surface area contributed by atoms with Crippen LogP contribution in [-0.4, -0.2) is 52.0 Å². The fraction of sp³-hybridized carbons (Fsp3) is 0.368. The van der Waals surface area contributed by atoms with Gasteiger partial charge in [-0.05, 0) is 44.0 Å². The van der Waals surface area contributed by atoms with Crippen molar-refractivity contribution in [2.45, 2.75) is 37.7 Å². The van der Waals surface area contributed by atoms with Crippen LogP contribution < -0.4 is 0 Å². The van der Waals surface area contributed by atoms with Crippen molar-refractivity contribution in [3.05, 3.63) is 41.1 Å². The summed E-state index contributed by atoms with van der Waals surface area (Å²) < 4.78 is 42.4. The van der Waals surface area contributed by atoms with Gasteiger partial charge in [-0.1, -0.05) is 6.42 Å². The van der Waals surface area contributed by atoms with Crippen LogP contribution in [0.1, 0.15) is 40.9 Å². The van der Waals surface area contributed by atoms with Crippen LogP contribution in [0.3, 0.4) is 0 Å². The fourth-order valence-electron chi connectivity index (χ4n) is 3.28. The Morgan fingerprint density at radius 3 is 2.36 bits per heavy atom. The van der Waals surface area contributed by atoms with Crippen LogP contribution in [0.5, 0.6) is 5.75 Å². The van der Waals surface area contributed by atoms with Crippen LogP contribution in [0.4, 0.5) is 11.5 Å². The van der Waals surface area contributed by atoms with Gasteiger partial charge in [0, 0.05) is 18.7 Å². The molecule has 2 aromatic rings. The summed E-state index contributed by atoms with van der Waals surface area (Å²) in [6.07, 6.45) is 2.94. The molecule has 178 valence electrons. The standard InChI is InChI=1S/C19H23N4O8PS/c1-13-18(25)16(11-24)17(12-31-32(26,27)28)19(20-13)22-21-14-5-7-15(8-6-14)33(29,30)23-9-3-2-4-10-23/h5-8,11,25H,2-4,9-10,12H2,1H3,(H2,26,27,28). The van der Waals surface area contributed by atoms with E-state index >= 15 is 0 Å². The van der Waals surface area contributed by atoms with Gasteiger partial charge in [0.2, 0.25) is 10.0 Å². The van der Waals surface area contributed by atoms with E-state index in [0.717, 1.165) is 19.3 Å². The second kappa shape index (κ2) is 10.2. The van der Waals surface area contributed by atoms with E-state index in [0.29, 0.717) is 19.4 Å². The maximum atomic E-state index is 12.7. The van der Waals surface area contributed by atoms with E-state index < -0.39 is 30.2 Å². The van der Waals surface area contributed by atoms with Gasteiger partial charge in [0.25, 0.3) is 0 Å². The van der Waals surface area contributed by atoms with E-state index in [9.17, 15) is 22.9 Å². The molecule has 1 aromatic heterocycles. The number of carbonyl (C=O) groups is 1. The molecule has 1 aliphatic heterocycles. The molecular formula is C19H23N4O8PS. The van der Waals surface area contributed by atoms with Crippen molar-refractivity contribution in [1.29, 1.82) is 0 Å². The molecule has 2 heterocycles. The molecule has 1 aliphatic rings. The number of hydrogen-bond donors (Lipinski definition) is 3. The van der Waals surface area contributed by atoms with E-state index in [1.54, 1.807) is 0 Å². The molecule has 3 rings (SSSR count). The first-order valence-electron chi connectivity index (χ1n) is 9.92. The van der Waals surface area contributed by atoms with Crippen LogP contribution in [-0.2, 0) is 25.7 Å². The molecule has 12 nitrogen and oxygen atoms in total. The number of benzene rings is 1. The predicted octanol–water partition coefficient (Wildman–Crippen LogP) is 3.11. The number of aldehydes is 1. The normalized spacial score (nSPS) is 15.7. The van der Waals surface area contributed by atoms with E-state index in [1.807, 2.05) is 0 Å². The molecule has 0 bridgehead atoms. The maximum Gasteiger partial charge on any atom is 0.469 e. The van der Waals surface area contributed by atoms with Gasteiger partial charge in [-0.15, -0.1) is 10.2 Å². The second-order valence-electron chi connectivity index (χ2n) is 7.30. The highest BCUT2D eigenvalue weighted by Crippen LogP contribution is 2.40. The molecule has 0 saturated carbocycles. The van der Waals surface area contributed by atoms with Crippen molar-refractivity contribution in [2.75, 3.05) is 13.1 Å². The fourth-order valence-corrected chi connectivity index (χ4v) is 5.10. The Labute approximate surface area is 190 Å². The van der Waals surface area contributed by atoms with Gasteiger partial charge >= 0.3 is 7.82 Å². The van der Waals surface area contributed by atoms with Gasteiger partial charge < -0.3 is 14.9 Å². The molecule has 33 heavy (non-hydrogen) atoms. The first-order valence-corrected chi connectivity index (χ1v) is 12.9. The van der Waals surface area contributed by atoms with Crippen LogP contribution in [0.2, 0.25) is 0 Å². The number of phosphoric acid groups is 1. The number of pyridine rings is 1. The maximum absolute atomic E-state index is 12.7. The lowest BCUT2D eigenvalue weighted by molar-refractivity contribution is 0.111. The van der Waals surface area contributed by atoms with Gasteiger partial charge in [-0.25, -0.2) is 18.0 Å². The largest absolute Gasteiger partial charge is 0.505 e. The van der Waals surface area contributed by atoms with Crippen molar-refractivity contribution in [3.63, 3.8) is 0 Å². The van der Waals surface area contributed by atoms with Crippen molar-refractivity contribution in [2.24, 2.45) is 10.2 Å². The summed E-state index contributed by atoms with van der Waals surface area (Å²) >= 11 is 0. The summed E-state index contributed by atoms with van der Waals surface area (Å²) in [6.45, 7) is 1.62. The van der Waals surface area contributed by atoms with Crippen LogP contribution in [0, 0.1) is 6.92 Å². The summed E-state index contributed by atoms with van der Waals surface area (Å²) in [5, 5.41) is 17.9. The number of sulfonamides is 1. The summed E-state index contributed by atoms with van der Waals surface area (Å²) in [4.78, 5) is 33.5. The van der Waals surface area contributed by atoms with E-state index in [1.165, 1.54) is 35.5 Å². The number of rotatable bonds is 8. The zero-order valence-corrected chi connectivity index (χ0v) is 19.4. The second-order valence-corrected chi connectivity index (χ2v) is 10.5. The van der Waals surface area contributed by atoms with Crippen molar-refractivity contribution < 1.29 is 37.2 Å². The minimum Gasteiger partial charge on any atom is -0.505 e. The van der Waals surface area contributed by atoms with E-state index in [2.05, 4.69) is 19.7 Å². The highest BCUT2D eigenvalue weighted by atomic mass is 32.2. The highest BCUT2D eigenvalue weighted by molar-refractivity contribution is 7.89. The number of carbonyl (C=O) groups excluding carboxylic acids is 1. The van der Waals surface area contributed by atoms with Crippen LogP contribution in [0.15, 0.2) is 39.4 Å². The number of aryl methyl sites for hydroxylation is 1. The Kier molecular flexibility index (Phi) is 7.73. The zero-order chi connectivity index (χ0) is 24.2. The molecule has 3 N–H and O–H groups in total. The summed E-state index contributed by atoms with van der Waals surface area (Å²) in [6, 6.07) is 5.70. The molecule has 0 atom stereocenters. The molecule has 1 fully saturated rings. The summed E-state index contributed by atoms with van der Waals surface area (Å²) in [7, 11) is -8.48. The van der Waals surface area contributed by atoms with Gasteiger partial charge in [-0.3, -0.25) is 9.32 Å². The molecule has 0 amide bonds. The van der Waals surface area contributed by atoms with Gasteiger partial charge in [-0.2, -0.15) is 4.31 Å².